The molecule has 0 fully saturated rings. The molecule has 0 atom stereocenters. The number of benzene rings is 1. The maximum atomic E-state index is 12.1. The fourth-order valence-corrected chi connectivity index (χ4v) is 2.20. The van der Waals surface area contributed by atoms with Gasteiger partial charge in [-0.3, -0.25) is 0 Å². The number of hydrogen-bond donors (Lipinski definition) is 2. The molecule has 2 heterocycles. The predicted octanol–water partition coefficient (Wildman–Crippen LogP) is 2.53. The van der Waals surface area contributed by atoms with Crippen LogP contribution in [-0.4, -0.2) is 31.8 Å². The molecule has 3 rings (SSSR count). The highest BCUT2D eigenvalue weighted by Gasteiger charge is 2.31. The largest absolute Gasteiger partial charge is 0.488 e. The monoisotopic (exact) mass is 421 g/mol. The molecule has 0 aliphatic heterocycles. The highest BCUT2D eigenvalue weighted by molar-refractivity contribution is 9.10. The summed E-state index contributed by atoms with van der Waals surface area (Å²) in [6.45, 7) is 0. The zero-order valence-corrected chi connectivity index (χ0v) is 14.1. The Morgan fingerprint density at radius 3 is 2.50 bits per heavy atom. The van der Waals surface area contributed by atoms with E-state index < -0.39 is 18.9 Å². The van der Waals surface area contributed by atoms with E-state index in [4.69, 9.17) is 21.6 Å². The minimum Gasteiger partial charge on any atom is -0.423 e. The zero-order valence-electron chi connectivity index (χ0n) is 11.7. The second-order valence-corrected chi connectivity index (χ2v) is 5.70. The van der Waals surface area contributed by atoms with Crippen molar-refractivity contribution >= 4 is 45.8 Å². The van der Waals surface area contributed by atoms with E-state index in [0.29, 0.717) is 11.2 Å². The van der Waals surface area contributed by atoms with Crippen LogP contribution < -0.4 is 5.46 Å². The molecule has 0 amide bonds. The summed E-state index contributed by atoms with van der Waals surface area (Å²) >= 11 is 8.95. The predicted molar refractivity (Wildman–Crippen MR) is 87.0 cm³/mol. The number of nitrogens with zero attached hydrogens (tertiary/aromatic N) is 3. The van der Waals surface area contributed by atoms with Gasteiger partial charge in [-0.05, 0) is 33.5 Å². The zero-order chi connectivity index (χ0) is 17.9. The number of fused-ring (bicyclic) bond motifs is 1. The van der Waals surface area contributed by atoms with Gasteiger partial charge >= 0.3 is 13.3 Å². The van der Waals surface area contributed by atoms with Gasteiger partial charge in [-0.25, -0.2) is 9.50 Å². The second-order valence-electron chi connectivity index (χ2n) is 4.50. The van der Waals surface area contributed by atoms with Crippen LogP contribution in [0, 0.1) is 0 Å². The highest BCUT2D eigenvalue weighted by Crippen LogP contribution is 2.28. The molecule has 5 nitrogen and oxygen atoms in total. The Morgan fingerprint density at radius 1 is 1.17 bits per heavy atom. The topological polar surface area (TPSA) is 70.7 Å². The first kappa shape index (κ1) is 18.7. The molecule has 0 aliphatic rings. The first-order valence-electron chi connectivity index (χ1n) is 6.37. The van der Waals surface area contributed by atoms with Crippen molar-refractivity contribution < 1.29 is 23.2 Å². The summed E-state index contributed by atoms with van der Waals surface area (Å²) < 4.78 is 38.6. The van der Waals surface area contributed by atoms with Crippen LogP contribution in [0.3, 0.4) is 0 Å². The molecular weight excluding hydrogens is 413 g/mol. The smallest absolute Gasteiger partial charge is 0.423 e. The summed E-state index contributed by atoms with van der Waals surface area (Å²) in [4.78, 5) is 4.05. The van der Waals surface area contributed by atoms with Crippen molar-refractivity contribution in [3.63, 3.8) is 0 Å². The van der Waals surface area contributed by atoms with Crippen LogP contribution in [0.25, 0.3) is 5.65 Å². The maximum Gasteiger partial charge on any atom is 0.488 e. The summed E-state index contributed by atoms with van der Waals surface area (Å²) in [5.74, 6) is 0. The molecule has 0 spiro atoms. The van der Waals surface area contributed by atoms with Gasteiger partial charge in [-0.1, -0.05) is 35.9 Å². The molecule has 2 aromatic heterocycles. The summed E-state index contributed by atoms with van der Waals surface area (Å²) in [6.07, 6.45) is -2.77. The summed E-state index contributed by atoms with van der Waals surface area (Å²) in [7, 11) is -1.87. The Hall–Kier alpha value is -1.62. The molecule has 0 saturated carbocycles. The summed E-state index contributed by atoms with van der Waals surface area (Å²) in [5, 5.41) is 21.7. The van der Waals surface area contributed by atoms with Gasteiger partial charge in [0, 0.05) is 0 Å². The van der Waals surface area contributed by atoms with Gasteiger partial charge < -0.3 is 10.0 Å². The second kappa shape index (κ2) is 7.52. The SMILES string of the molecule is Clc1ccc2ncc(Br)n2n1.OB(O)c1cccc(C(F)(F)F)c1. The van der Waals surface area contributed by atoms with Gasteiger partial charge in [0.1, 0.15) is 9.76 Å². The lowest BCUT2D eigenvalue weighted by molar-refractivity contribution is -0.137. The van der Waals surface area contributed by atoms with Gasteiger partial charge in [-0.15, -0.1) is 0 Å². The highest BCUT2D eigenvalue weighted by atomic mass is 79.9. The quantitative estimate of drug-likeness (QED) is 0.592. The van der Waals surface area contributed by atoms with Gasteiger partial charge in [0.25, 0.3) is 0 Å². The van der Waals surface area contributed by atoms with Crippen molar-refractivity contribution in [2.75, 3.05) is 0 Å². The molecule has 126 valence electrons. The minimum atomic E-state index is -4.45. The number of aromatic nitrogens is 3. The van der Waals surface area contributed by atoms with Crippen LogP contribution in [0.15, 0.2) is 47.2 Å². The average molecular weight is 422 g/mol. The lowest BCUT2D eigenvalue weighted by Crippen LogP contribution is -2.30. The standard InChI is InChI=1S/C7H6BF3O2.C6H3BrClN3/c9-7(10,11)5-2-1-3-6(4-5)8(12)13;7-4-3-9-6-2-1-5(8)10-11(4)6/h1-4,12-13H;1-3H. The van der Waals surface area contributed by atoms with Crippen LogP contribution in [0.5, 0.6) is 0 Å². The van der Waals surface area contributed by atoms with E-state index in [0.717, 1.165) is 22.4 Å². The Kier molecular flexibility index (Phi) is 5.86. The van der Waals surface area contributed by atoms with Crippen molar-refractivity contribution in [3.8, 4) is 0 Å². The molecule has 0 radical (unpaired) electrons. The van der Waals surface area contributed by atoms with Gasteiger partial charge in [0.15, 0.2) is 5.65 Å². The van der Waals surface area contributed by atoms with Crippen molar-refractivity contribution in [3.05, 3.63) is 57.9 Å². The minimum absolute atomic E-state index is 0.171. The van der Waals surface area contributed by atoms with Crippen LogP contribution in [-0.2, 0) is 6.18 Å². The van der Waals surface area contributed by atoms with Crippen molar-refractivity contribution in [2.45, 2.75) is 6.18 Å². The normalized spacial score (nSPS) is 11.1. The third-order valence-corrected chi connectivity index (χ3v) is 3.54. The van der Waals surface area contributed by atoms with E-state index in [2.05, 4.69) is 26.0 Å². The van der Waals surface area contributed by atoms with Crippen molar-refractivity contribution in [2.24, 2.45) is 0 Å². The van der Waals surface area contributed by atoms with E-state index in [-0.39, 0.29) is 5.46 Å². The molecule has 0 bridgehead atoms. The number of alkyl halides is 3. The Balaban J connectivity index is 0.000000175. The number of rotatable bonds is 1. The lowest BCUT2D eigenvalue weighted by atomic mass is 9.79. The summed E-state index contributed by atoms with van der Waals surface area (Å²) in [6, 6.07) is 7.41. The average Bonchev–Trinajstić information content (AvgIpc) is 2.88. The number of imidazole rings is 1. The maximum absolute atomic E-state index is 12.1. The van der Waals surface area contributed by atoms with Crippen molar-refractivity contribution in [1.29, 1.82) is 0 Å². The Bertz CT molecular complexity index is 845. The van der Waals surface area contributed by atoms with E-state index >= 15 is 0 Å². The Labute approximate surface area is 148 Å². The first-order valence-corrected chi connectivity index (χ1v) is 7.54. The molecule has 0 saturated heterocycles. The van der Waals surface area contributed by atoms with E-state index in [1.54, 1.807) is 22.8 Å². The number of hydrogen-bond acceptors (Lipinski definition) is 4. The molecule has 1 aromatic carbocycles. The first-order chi connectivity index (χ1) is 11.2. The van der Waals surface area contributed by atoms with Gasteiger partial charge in [0.05, 0.1) is 11.8 Å². The van der Waals surface area contributed by atoms with Crippen LogP contribution >= 0.6 is 27.5 Å². The Morgan fingerprint density at radius 2 is 1.88 bits per heavy atom. The van der Waals surface area contributed by atoms with Crippen molar-refractivity contribution in [1.82, 2.24) is 14.6 Å². The molecule has 2 N–H and O–H groups in total. The van der Waals surface area contributed by atoms with E-state index in [9.17, 15) is 13.2 Å². The van der Waals surface area contributed by atoms with Crippen LogP contribution in [0.1, 0.15) is 5.56 Å². The molecule has 3 aromatic rings. The van der Waals surface area contributed by atoms with Crippen LogP contribution in [0.2, 0.25) is 5.15 Å². The molecule has 0 aliphatic carbocycles. The number of halogens is 5. The van der Waals surface area contributed by atoms with Gasteiger partial charge in [-0.2, -0.15) is 18.3 Å². The van der Waals surface area contributed by atoms with E-state index in [1.807, 2.05) is 0 Å². The fourth-order valence-electron chi connectivity index (χ4n) is 1.70. The van der Waals surface area contributed by atoms with Gasteiger partial charge in [0.2, 0.25) is 0 Å². The van der Waals surface area contributed by atoms with E-state index in [1.165, 1.54) is 6.07 Å². The third-order valence-electron chi connectivity index (χ3n) is 2.80. The fraction of sp³-hybridized carbons (Fsp3) is 0.0769. The summed E-state index contributed by atoms with van der Waals surface area (Å²) in [5.41, 5.74) is -0.283. The third kappa shape index (κ3) is 4.70. The molecule has 24 heavy (non-hydrogen) atoms. The molecule has 0 unspecified atom stereocenters. The lowest BCUT2D eigenvalue weighted by Gasteiger charge is -2.07. The molecule has 11 heteroatoms. The van der Waals surface area contributed by atoms with Crippen LogP contribution in [0.4, 0.5) is 13.2 Å². The molecular formula is C13H9BBrClF3N3O2.